The molecule has 0 amide bonds. The van der Waals surface area contributed by atoms with E-state index in [0.717, 1.165) is 12.2 Å². The zero-order valence-electron chi connectivity index (χ0n) is 12.5. The fourth-order valence-electron chi connectivity index (χ4n) is 2.51. The van der Waals surface area contributed by atoms with Crippen molar-refractivity contribution in [1.82, 2.24) is 4.98 Å². The first-order chi connectivity index (χ1) is 11.0. The number of rotatable bonds is 3. The summed E-state index contributed by atoms with van der Waals surface area (Å²) < 4.78 is 14.4. The summed E-state index contributed by atoms with van der Waals surface area (Å²) in [7, 11) is 0. The molecule has 0 bridgehead atoms. The summed E-state index contributed by atoms with van der Waals surface area (Å²) >= 11 is 7.59. The van der Waals surface area contributed by atoms with E-state index in [9.17, 15) is 4.39 Å². The van der Waals surface area contributed by atoms with E-state index in [1.54, 1.807) is 30.5 Å². The quantitative estimate of drug-likeness (QED) is 0.867. The molecule has 1 aromatic carbocycles. The number of hydrogen-bond acceptors (Lipinski definition) is 5. The lowest BCUT2D eigenvalue weighted by molar-refractivity contribution is 0.450. The van der Waals surface area contributed by atoms with Crippen LogP contribution >= 0.6 is 23.4 Å². The average molecular weight is 351 g/mol. The number of amidine groups is 1. The Balaban J connectivity index is 1.97. The molecule has 120 valence electrons. The first-order valence-corrected chi connectivity index (χ1v) is 8.50. The number of pyridine rings is 1. The molecule has 0 spiro atoms. The lowest BCUT2D eigenvalue weighted by Gasteiger charge is -2.30. The maximum atomic E-state index is 14.4. The highest BCUT2D eigenvalue weighted by molar-refractivity contribution is 8.13. The Labute approximate surface area is 143 Å². The molecular formula is C16H16ClFN4S. The van der Waals surface area contributed by atoms with Gasteiger partial charge in [-0.15, -0.1) is 0 Å². The van der Waals surface area contributed by atoms with Crippen molar-refractivity contribution >= 4 is 40.0 Å². The second kappa shape index (κ2) is 6.37. The van der Waals surface area contributed by atoms with E-state index in [1.807, 2.05) is 6.92 Å². The summed E-state index contributed by atoms with van der Waals surface area (Å²) in [6, 6.07) is 8.31. The number of nitrogens with one attached hydrogen (secondary N) is 1. The van der Waals surface area contributed by atoms with Gasteiger partial charge in [-0.2, -0.15) is 0 Å². The first-order valence-electron chi connectivity index (χ1n) is 7.14. The van der Waals surface area contributed by atoms with Crippen molar-refractivity contribution in [3.8, 4) is 0 Å². The van der Waals surface area contributed by atoms with Crippen molar-refractivity contribution in [1.29, 1.82) is 0 Å². The smallest absolute Gasteiger partial charge is 0.154 e. The van der Waals surface area contributed by atoms with Crippen LogP contribution in [0.3, 0.4) is 0 Å². The summed E-state index contributed by atoms with van der Waals surface area (Å²) in [6.45, 7) is 1.90. The monoisotopic (exact) mass is 350 g/mol. The molecule has 1 aliphatic heterocycles. The van der Waals surface area contributed by atoms with E-state index in [4.69, 9.17) is 17.3 Å². The zero-order chi connectivity index (χ0) is 16.4. The predicted molar refractivity (Wildman–Crippen MR) is 95.0 cm³/mol. The van der Waals surface area contributed by atoms with E-state index in [-0.39, 0.29) is 5.82 Å². The van der Waals surface area contributed by atoms with Crippen LogP contribution in [-0.4, -0.2) is 15.9 Å². The molecule has 0 saturated carbocycles. The Kier molecular flexibility index (Phi) is 4.46. The van der Waals surface area contributed by atoms with Gasteiger partial charge in [0.1, 0.15) is 11.6 Å². The van der Waals surface area contributed by atoms with Crippen LogP contribution < -0.4 is 11.1 Å². The Morgan fingerprint density at radius 1 is 1.39 bits per heavy atom. The Morgan fingerprint density at radius 3 is 2.96 bits per heavy atom. The molecule has 23 heavy (non-hydrogen) atoms. The minimum atomic E-state index is -0.662. The van der Waals surface area contributed by atoms with E-state index in [2.05, 4.69) is 15.3 Å². The topological polar surface area (TPSA) is 63.3 Å². The van der Waals surface area contributed by atoms with Gasteiger partial charge in [0.25, 0.3) is 0 Å². The van der Waals surface area contributed by atoms with Crippen LogP contribution in [0.4, 0.5) is 15.9 Å². The van der Waals surface area contributed by atoms with Gasteiger partial charge >= 0.3 is 0 Å². The summed E-state index contributed by atoms with van der Waals surface area (Å²) in [5, 5.41) is 4.10. The van der Waals surface area contributed by atoms with Crippen LogP contribution in [-0.2, 0) is 5.54 Å². The summed E-state index contributed by atoms with van der Waals surface area (Å²) in [4.78, 5) is 8.64. The number of nitrogens with zero attached hydrogens (tertiary/aromatic N) is 2. The molecule has 3 N–H and O–H groups in total. The SMILES string of the molecule is C[C@@]1(c2cc(Nc3ncccc3Cl)ccc2F)CCSC(N)=N1. The van der Waals surface area contributed by atoms with Crippen LogP contribution in [0.15, 0.2) is 41.5 Å². The van der Waals surface area contributed by atoms with Crippen molar-refractivity contribution in [3.63, 3.8) is 0 Å². The van der Waals surface area contributed by atoms with Gasteiger partial charge in [0, 0.05) is 23.2 Å². The second-order valence-corrected chi connectivity index (χ2v) is 7.00. The minimum absolute atomic E-state index is 0.298. The fourth-order valence-corrected chi connectivity index (χ4v) is 3.65. The molecule has 0 unspecified atom stereocenters. The molecule has 3 rings (SSSR count). The number of aromatic nitrogens is 1. The summed E-state index contributed by atoms with van der Waals surface area (Å²) in [5.41, 5.74) is 6.38. The van der Waals surface area contributed by atoms with Crippen LogP contribution in [0.1, 0.15) is 18.9 Å². The maximum Gasteiger partial charge on any atom is 0.154 e. The van der Waals surface area contributed by atoms with Gasteiger partial charge in [-0.05, 0) is 43.7 Å². The molecule has 1 aromatic heterocycles. The Hall–Kier alpha value is -1.79. The standard InChI is InChI=1S/C16H16ClFN4S/c1-16(6-8-23-15(19)22-16)11-9-10(4-5-13(11)18)21-14-12(17)3-2-7-20-14/h2-5,7,9H,6,8H2,1H3,(H2,19,22)(H,20,21)/t16-/m0/s1. The van der Waals surface area contributed by atoms with Crippen molar-refractivity contribution in [2.75, 3.05) is 11.1 Å². The molecule has 2 heterocycles. The van der Waals surface area contributed by atoms with Crippen molar-refractivity contribution in [3.05, 3.63) is 52.9 Å². The molecular weight excluding hydrogens is 335 g/mol. The van der Waals surface area contributed by atoms with Gasteiger partial charge < -0.3 is 11.1 Å². The lowest BCUT2D eigenvalue weighted by Crippen LogP contribution is -2.29. The molecule has 1 aliphatic rings. The number of benzene rings is 1. The molecule has 7 heteroatoms. The molecule has 2 aromatic rings. The Bertz CT molecular complexity index is 767. The van der Waals surface area contributed by atoms with Crippen LogP contribution in [0.2, 0.25) is 5.02 Å². The molecule has 1 atom stereocenters. The number of hydrogen-bond donors (Lipinski definition) is 2. The highest BCUT2D eigenvalue weighted by Gasteiger charge is 2.32. The molecule has 0 fully saturated rings. The van der Waals surface area contributed by atoms with Crippen molar-refractivity contribution in [2.45, 2.75) is 18.9 Å². The normalized spacial score (nSPS) is 20.9. The summed E-state index contributed by atoms with van der Waals surface area (Å²) in [5.74, 6) is 1.04. The van der Waals surface area contributed by atoms with Crippen LogP contribution in [0.25, 0.3) is 0 Å². The lowest BCUT2D eigenvalue weighted by atomic mass is 9.89. The zero-order valence-corrected chi connectivity index (χ0v) is 14.1. The largest absolute Gasteiger partial charge is 0.379 e. The third-order valence-corrected chi connectivity index (χ3v) is 4.86. The maximum absolute atomic E-state index is 14.4. The van der Waals surface area contributed by atoms with Gasteiger partial charge in [0.15, 0.2) is 5.17 Å². The van der Waals surface area contributed by atoms with Gasteiger partial charge in [0.05, 0.1) is 10.6 Å². The summed E-state index contributed by atoms with van der Waals surface area (Å²) in [6.07, 6.45) is 2.37. The van der Waals surface area contributed by atoms with Gasteiger partial charge in [-0.25, -0.2) is 9.37 Å². The highest BCUT2D eigenvalue weighted by atomic mass is 35.5. The number of aliphatic imine (C=N–C) groups is 1. The predicted octanol–water partition coefficient (Wildman–Crippen LogP) is 4.28. The number of halogens is 2. The molecule has 4 nitrogen and oxygen atoms in total. The number of thioether (sulfide) groups is 1. The minimum Gasteiger partial charge on any atom is -0.379 e. The molecule has 0 radical (unpaired) electrons. The van der Waals surface area contributed by atoms with E-state index in [1.165, 1.54) is 17.8 Å². The van der Waals surface area contributed by atoms with E-state index < -0.39 is 5.54 Å². The number of nitrogens with two attached hydrogens (primary N) is 1. The van der Waals surface area contributed by atoms with Gasteiger partial charge in [-0.3, -0.25) is 4.99 Å². The van der Waals surface area contributed by atoms with Crippen LogP contribution in [0.5, 0.6) is 0 Å². The van der Waals surface area contributed by atoms with E-state index >= 15 is 0 Å². The first kappa shape index (κ1) is 16.1. The van der Waals surface area contributed by atoms with Gasteiger partial charge in [-0.1, -0.05) is 23.4 Å². The fraction of sp³-hybridized carbons (Fsp3) is 0.250. The van der Waals surface area contributed by atoms with E-state index in [0.29, 0.717) is 27.3 Å². The van der Waals surface area contributed by atoms with Crippen molar-refractivity contribution < 1.29 is 4.39 Å². The molecule has 0 saturated heterocycles. The number of anilines is 2. The second-order valence-electron chi connectivity index (χ2n) is 5.48. The Morgan fingerprint density at radius 2 is 2.22 bits per heavy atom. The third-order valence-electron chi connectivity index (χ3n) is 3.76. The third kappa shape index (κ3) is 3.43. The van der Waals surface area contributed by atoms with Crippen molar-refractivity contribution in [2.24, 2.45) is 10.7 Å². The average Bonchev–Trinajstić information content (AvgIpc) is 2.51. The van der Waals surface area contributed by atoms with Crippen LogP contribution in [0, 0.1) is 5.82 Å². The van der Waals surface area contributed by atoms with Gasteiger partial charge in [0.2, 0.25) is 0 Å². The highest BCUT2D eigenvalue weighted by Crippen LogP contribution is 2.38. The molecule has 0 aliphatic carbocycles.